The summed E-state index contributed by atoms with van der Waals surface area (Å²) in [4.78, 5) is 11.8. The highest BCUT2D eigenvalue weighted by Gasteiger charge is 2.13. The van der Waals surface area contributed by atoms with Crippen LogP contribution in [-0.2, 0) is 11.3 Å². The van der Waals surface area contributed by atoms with Crippen molar-refractivity contribution in [3.8, 4) is 10.6 Å². The minimum atomic E-state index is -0.459. The normalized spacial score (nSPS) is 12.1. The number of nitrogens with one attached hydrogen (secondary N) is 1. The van der Waals surface area contributed by atoms with Crippen LogP contribution in [0, 0.1) is 0 Å². The molecule has 1 heterocycles. The molecule has 112 valence electrons. The summed E-state index contributed by atoms with van der Waals surface area (Å²) < 4.78 is 0. The van der Waals surface area contributed by atoms with Gasteiger partial charge in [-0.2, -0.15) is 11.8 Å². The Kier molecular flexibility index (Phi) is 6.16. The minimum Gasteiger partial charge on any atom is -0.348 e. The van der Waals surface area contributed by atoms with E-state index in [1.807, 2.05) is 36.6 Å². The number of carbonyl (C=O) groups is 1. The van der Waals surface area contributed by atoms with E-state index in [4.69, 9.17) is 5.73 Å². The van der Waals surface area contributed by atoms with Gasteiger partial charge in [-0.3, -0.25) is 4.79 Å². The zero-order valence-electron chi connectivity index (χ0n) is 11.8. The fraction of sp³-hybridized carbons (Fsp3) is 0.357. The van der Waals surface area contributed by atoms with Crippen LogP contribution >= 0.6 is 23.1 Å². The van der Waals surface area contributed by atoms with Gasteiger partial charge in [0.1, 0.15) is 10.0 Å². The lowest BCUT2D eigenvalue weighted by atomic mass is 10.2. The van der Waals surface area contributed by atoms with Crippen LogP contribution in [0.4, 0.5) is 0 Å². The van der Waals surface area contributed by atoms with Crippen molar-refractivity contribution in [2.75, 3.05) is 12.0 Å². The third kappa shape index (κ3) is 4.80. The molecule has 3 N–H and O–H groups in total. The largest absolute Gasteiger partial charge is 0.348 e. The van der Waals surface area contributed by atoms with E-state index in [-0.39, 0.29) is 5.91 Å². The Morgan fingerprint density at radius 1 is 1.38 bits per heavy atom. The maximum Gasteiger partial charge on any atom is 0.237 e. The molecule has 1 amide bonds. The van der Waals surface area contributed by atoms with Gasteiger partial charge in [0.05, 0.1) is 12.6 Å². The monoisotopic (exact) mass is 322 g/mol. The van der Waals surface area contributed by atoms with Crippen molar-refractivity contribution in [2.24, 2.45) is 5.73 Å². The molecule has 1 aromatic heterocycles. The number of nitrogens with zero attached hydrogens (tertiary/aromatic N) is 2. The highest BCUT2D eigenvalue weighted by molar-refractivity contribution is 7.98. The number of rotatable bonds is 7. The number of thioether (sulfide) groups is 1. The van der Waals surface area contributed by atoms with Crippen LogP contribution in [0.2, 0.25) is 0 Å². The van der Waals surface area contributed by atoms with Gasteiger partial charge in [0, 0.05) is 5.56 Å². The molecule has 1 atom stereocenters. The number of nitrogens with two attached hydrogens (primary N) is 1. The lowest BCUT2D eigenvalue weighted by molar-refractivity contribution is -0.122. The predicted octanol–water partition coefficient (Wildman–Crippen LogP) is 1.90. The maximum atomic E-state index is 11.8. The molecule has 0 aliphatic heterocycles. The second kappa shape index (κ2) is 8.11. The standard InChI is InChI=1S/C14H18N4OS2/c1-20-8-7-11(15)13(19)16-9-12-17-18-14(21-12)10-5-3-2-4-6-10/h2-6,11H,7-9,15H2,1H3,(H,16,19)/t11-/m0/s1. The average Bonchev–Trinajstić information content (AvgIpc) is 3.00. The first-order valence-corrected chi connectivity index (χ1v) is 8.81. The van der Waals surface area contributed by atoms with Gasteiger partial charge >= 0.3 is 0 Å². The zero-order chi connectivity index (χ0) is 15.1. The van der Waals surface area contributed by atoms with Crippen molar-refractivity contribution >= 4 is 29.0 Å². The van der Waals surface area contributed by atoms with Crippen LogP contribution in [-0.4, -0.2) is 34.2 Å². The molecule has 0 bridgehead atoms. The SMILES string of the molecule is CSCC[C@H](N)C(=O)NCc1nnc(-c2ccccc2)s1. The second-order valence-corrected chi connectivity index (χ2v) is 6.52. The molecule has 5 nitrogen and oxygen atoms in total. The van der Waals surface area contributed by atoms with Gasteiger partial charge in [-0.05, 0) is 18.4 Å². The van der Waals surface area contributed by atoms with Crippen LogP contribution in [0.3, 0.4) is 0 Å². The van der Waals surface area contributed by atoms with Crippen molar-refractivity contribution in [2.45, 2.75) is 19.0 Å². The van der Waals surface area contributed by atoms with E-state index in [1.165, 1.54) is 11.3 Å². The van der Waals surface area contributed by atoms with Crippen LogP contribution in [0.15, 0.2) is 30.3 Å². The summed E-state index contributed by atoms with van der Waals surface area (Å²) >= 11 is 3.16. The van der Waals surface area contributed by atoms with Gasteiger partial charge in [0.25, 0.3) is 0 Å². The summed E-state index contributed by atoms with van der Waals surface area (Å²) in [6.07, 6.45) is 2.68. The molecule has 0 spiro atoms. The Morgan fingerprint density at radius 3 is 2.86 bits per heavy atom. The molecule has 0 fully saturated rings. The van der Waals surface area contributed by atoms with Crippen molar-refractivity contribution in [1.29, 1.82) is 0 Å². The number of aromatic nitrogens is 2. The Morgan fingerprint density at radius 2 is 2.14 bits per heavy atom. The number of amides is 1. The number of carbonyl (C=O) groups excluding carboxylic acids is 1. The summed E-state index contributed by atoms with van der Waals surface area (Å²) in [7, 11) is 0. The van der Waals surface area contributed by atoms with Crippen LogP contribution in [0.5, 0.6) is 0 Å². The fourth-order valence-corrected chi connectivity index (χ4v) is 2.97. The van der Waals surface area contributed by atoms with E-state index in [0.29, 0.717) is 13.0 Å². The van der Waals surface area contributed by atoms with Gasteiger partial charge in [0.15, 0.2) is 0 Å². The molecule has 0 aliphatic carbocycles. The zero-order valence-corrected chi connectivity index (χ0v) is 13.4. The van der Waals surface area contributed by atoms with Gasteiger partial charge < -0.3 is 11.1 Å². The number of hydrogen-bond donors (Lipinski definition) is 2. The van der Waals surface area contributed by atoms with Gasteiger partial charge in [-0.1, -0.05) is 41.7 Å². The van der Waals surface area contributed by atoms with E-state index in [1.54, 1.807) is 11.8 Å². The van der Waals surface area contributed by atoms with Gasteiger partial charge in [-0.25, -0.2) is 0 Å². The summed E-state index contributed by atoms with van der Waals surface area (Å²) in [5, 5.41) is 12.7. The highest BCUT2D eigenvalue weighted by Crippen LogP contribution is 2.22. The summed E-state index contributed by atoms with van der Waals surface area (Å²) in [5.74, 6) is 0.742. The molecule has 0 saturated carbocycles. The molecule has 21 heavy (non-hydrogen) atoms. The molecule has 0 aliphatic rings. The maximum absolute atomic E-state index is 11.8. The molecular formula is C14H18N4OS2. The van der Waals surface area contributed by atoms with Crippen molar-refractivity contribution in [1.82, 2.24) is 15.5 Å². The van der Waals surface area contributed by atoms with Crippen LogP contribution < -0.4 is 11.1 Å². The predicted molar refractivity (Wildman–Crippen MR) is 88.2 cm³/mol. The second-order valence-electron chi connectivity index (χ2n) is 4.47. The molecule has 2 rings (SSSR count). The first-order valence-electron chi connectivity index (χ1n) is 6.60. The minimum absolute atomic E-state index is 0.138. The fourth-order valence-electron chi connectivity index (χ4n) is 1.69. The number of hydrogen-bond acceptors (Lipinski definition) is 6. The first-order chi connectivity index (χ1) is 10.2. The van der Waals surface area contributed by atoms with Crippen LogP contribution in [0.25, 0.3) is 10.6 Å². The molecule has 0 unspecified atom stereocenters. The molecule has 2 aromatic rings. The summed E-state index contributed by atoms with van der Waals surface area (Å²) in [6.45, 7) is 0.371. The Bertz CT molecular complexity index is 573. The Balaban J connectivity index is 1.87. The van der Waals surface area contributed by atoms with E-state index in [9.17, 15) is 4.79 Å². The van der Waals surface area contributed by atoms with Crippen LogP contribution in [0.1, 0.15) is 11.4 Å². The van der Waals surface area contributed by atoms with E-state index in [0.717, 1.165) is 21.3 Å². The van der Waals surface area contributed by atoms with E-state index in [2.05, 4.69) is 15.5 Å². The van der Waals surface area contributed by atoms with Gasteiger partial charge in [-0.15, -0.1) is 10.2 Å². The third-order valence-electron chi connectivity index (χ3n) is 2.87. The highest BCUT2D eigenvalue weighted by atomic mass is 32.2. The molecule has 0 saturated heterocycles. The van der Waals surface area contributed by atoms with Gasteiger partial charge in [0.2, 0.25) is 5.91 Å². The lowest BCUT2D eigenvalue weighted by Crippen LogP contribution is -2.40. The molecular weight excluding hydrogens is 304 g/mol. The first kappa shape index (κ1) is 15.9. The van der Waals surface area contributed by atoms with Crippen molar-refractivity contribution in [3.05, 3.63) is 35.3 Å². The quantitative estimate of drug-likeness (QED) is 0.814. The summed E-state index contributed by atoms with van der Waals surface area (Å²) in [5.41, 5.74) is 6.84. The van der Waals surface area contributed by atoms with Crippen molar-refractivity contribution < 1.29 is 4.79 Å². The molecule has 0 radical (unpaired) electrons. The number of benzene rings is 1. The smallest absolute Gasteiger partial charge is 0.237 e. The topological polar surface area (TPSA) is 80.9 Å². The molecule has 7 heteroatoms. The Hall–Kier alpha value is -1.44. The summed E-state index contributed by atoms with van der Waals surface area (Å²) in [6, 6.07) is 9.40. The lowest BCUT2D eigenvalue weighted by Gasteiger charge is -2.10. The third-order valence-corrected chi connectivity index (χ3v) is 4.49. The Labute approximate surface area is 132 Å². The average molecular weight is 322 g/mol. The van der Waals surface area contributed by atoms with E-state index >= 15 is 0 Å². The van der Waals surface area contributed by atoms with E-state index < -0.39 is 6.04 Å². The molecule has 1 aromatic carbocycles. The van der Waals surface area contributed by atoms with Crippen molar-refractivity contribution in [3.63, 3.8) is 0 Å².